The summed E-state index contributed by atoms with van der Waals surface area (Å²) in [6.07, 6.45) is 13.5. The van der Waals surface area contributed by atoms with Crippen molar-refractivity contribution >= 4 is 5.97 Å². The van der Waals surface area contributed by atoms with Crippen LogP contribution in [0.25, 0.3) is 22.5 Å². The first-order valence-corrected chi connectivity index (χ1v) is 13.0. The number of unbranched alkanes of at least 4 members (excludes halogenated alkanes) is 6. The van der Waals surface area contributed by atoms with Gasteiger partial charge in [0.05, 0.1) is 6.61 Å². The maximum atomic E-state index is 11.7. The molecule has 5 nitrogen and oxygen atoms in total. The summed E-state index contributed by atoms with van der Waals surface area (Å²) in [5, 5.41) is 0. The molecule has 35 heavy (non-hydrogen) atoms. The molecule has 0 bridgehead atoms. The first-order valence-electron chi connectivity index (χ1n) is 13.0. The van der Waals surface area contributed by atoms with Crippen molar-refractivity contribution in [2.45, 2.75) is 78.2 Å². The van der Waals surface area contributed by atoms with E-state index < -0.39 is 6.10 Å². The summed E-state index contributed by atoms with van der Waals surface area (Å²) in [6.45, 7) is 6.06. The molecule has 1 unspecified atom stereocenters. The van der Waals surface area contributed by atoms with Crippen LogP contribution in [0.1, 0.15) is 71.3 Å². The third-order valence-electron chi connectivity index (χ3n) is 6.05. The van der Waals surface area contributed by atoms with Gasteiger partial charge in [-0.1, -0.05) is 81.8 Å². The molecule has 3 aromatic rings. The molecule has 0 amide bonds. The zero-order valence-electron chi connectivity index (χ0n) is 21.3. The minimum atomic E-state index is -0.648. The number of rotatable bonds is 14. The lowest BCUT2D eigenvalue weighted by atomic mass is 10.0. The topological polar surface area (TPSA) is 61.3 Å². The van der Waals surface area contributed by atoms with Crippen LogP contribution in [0.15, 0.2) is 60.9 Å². The van der Waals surface area contributed by atoms with E-state index in [1.807, 2.05) is 36.7 Å². The van der Waals surface area contributed by atoms with Crippen molar-refractivity contribution < 1.29 is 14.3 Å². The second-order valence-corrected chi connectivity index (χ2v) is 8.90. The Hall–Kier alpha value is -3.21. The van der Waals surface area contributed by atoms with Gasteiger partial charge < -0.3 is 9.47 Å². The lowest BCUT2D eigenvalue weighted by molar-refractivity contribution is -0.150. The van der Waals surface area contributed by atoms with E-state index in [0.29, 0.717) is 12.4 Å². The zero-order valence-corrected chi connectivity index (χ0v) is 21.3. The highest BCUT2D eigenvalue weighted by Gasteiger charge is 2.15. The number of ether oxygens (including phenoxy) is 2. The number of hydrogen-bond acceptors (Lipinski definition) is 5. The van der Waals surface area contributed by atoms with Gasteiger partial charge in [0.2, 0.25) is 0 Å². The van der Waals surface area contributed by atoms with Crippen molar-refractivity contribution in [3.8, 4) is 28.3 Å². The van der Waals surface area contributed by atoms with Crippen LogP contribution in [-0.2, 0) is 16.0 Å². The predicted molar refractivity (Wildman–Crippen MR) is 141 cm³/mol. The normalized spacial score (nSPS) is 11.7. The van der Waals surface area contributed by atoms with Gasteiger partial charge in [-0.3, -0.25) is 0 Å². The Kier molecular flexibility index (Phi) is 10.7. The molecule has 0 N–H and O–H groups in total. The third-order valence-corrected chi connectivity index (χ3v) is 6.05. The lowest BCUT2D eigenvalue weighted by Gasteiger charge is -2.13. The molecule has 0 aliphatic heterocycles. The van der Waals surface area contributed by atoms with E-state index in [-0.39, 0.29) is 5.97 Å². The number of nitrogens with zero attached hydrogens (tertiary/aromatic N) is 2. The number of hydrogen-bond donors (Lipinski definition) is 0. The van der Waals surface area contributed by atoms with Gasteiger partial charge in [0.1, 0.15) is 5.75 Å². The van der Waals surface area contributed by atoms with Crippen LogP contribution in [0, 0.1) is 0 Å². The number of esters is 1. The van der Waals surface area contributed by atoms with Crippen LogP contribution < -0.4 is 4.74 Å². The molecule has 0 spiro atoms. The standard InChI is InChI=1S/C30H38N2O3/c1-4-6-7-8-9-10-11-12-24-13-15-26(16-14-24)29-31-21-27(22-32-29)25-17-19-28(20-18-25)35-23(3)30(33)34-5-2/h13-23H,4-12H2,1-3H3. The fraction of sp³-hybridized carbons (Fsp3) is 0.433. The van der Waals surface area contributed by atoms with Gasteiger partial charge >= 0.3 is 5.97 Å². The van der Waals surface area contributed by atoms with E-state index in [1.165, 1.54) is 50.5 Å². The SMILES string of the molecule is CCCCCCCCCc1ccc(-c2ncc(-c3ccc(OC(C)C(=O)OCC)cc3)cn2)cc1. The molecule has 3 rings (SSSR count). The van der Waals surface area contributed by atoms with Crippen LogP contribution >= 0.6 is 0 Å². The first kappa shape index (κ1) is 26.4. The Morgan fingerprint density at radius 3 is 2.00 bits per heavy atom. The van der Waals surface area contributed by atoms with E-state index in [9.17, 15) is 4.79 Å². The molecule has 1 aromatic heterocycles. The highest BCUT2D eigenvalue weighted by molar-refractivity contribution is 5.74. The number of carbonyl (C=O) groups is 1. The fourth-order valence-corrected chi connectivity index (χ4v) is 3.97. The minimum Gasteiger partial charge on any atom is -0.479 e. The van der Waals surface area contributed by atoms with E-state index >= 15 is 0 Å². The van der Waals surface area contributed by atoms with Gasteiger partial charge in [-0.15, -0.1) is 0 Å². The molecule has 0 aliphatic carbocycles. The smallest absolute Gasteiger partial charge is 0.347 e. The molecule has 2 aromatic carbocycles. The van der Waals surface area contributed by atoms with E-state index in [2.05, 4.69) is 41.2 Å². The van der Waals surface area contributed by atoms with Crippen LogP contribution in [-0.4, -0.2) is 28.6 Å². The molecule has 5 heteroatoms. The summed E-state index contributed by atoms with van der Waals surface area (Å²) < 4.78 is 10.6. The molecule has 0 radical (unpaired) electrons. The summed E-state index contributed by atoms with van der Waals surface area (Å²) in [5.41, 5.74) is 4.31. The average Bonchev–Trinajstić information content (AvgIpc) is 2.89. The van der Waals surface area contributed by atoms with Crippen molar-refractivity contribution in [2.75, 3.05) is 6.61 Å². The van der Waals surface area contributed by atoms with E-state index in [0.717, 1.165) is 28.9 Å². The largest absolute Gasteiger partial charge is 0.479 e. The number of benzene rings is 2. The van der Waals surface area contributed by atoms with Crippen LogP contribution in [0.3, 0.4) is 0 Å². The van der Waals surface area contributed by atoms with Crippen LogP contribution in [0.4, 0.5) is 0 Å². The Balaban J connectivity index is 1.51. The summed E-state index contributed by atoms with van der Waals surface area (Å²) in [5.74, 6) is 0.967. The summed E-state index contributed by atoms with van der Waals surface area (Å²) in [6, 6.07) is 16.2. The van der Waals surface area contributed by atoms with Gasteiger partial charge in [-0.2, -0.15) is 0 Å². The number of aryl methyl sites for hydroxylation is 1. The third kappa shape index (κ3) is 8.50. The Morgan fingerprint density at radius 2 is 1.37 bits per heavy atom. The van der Waals surface area contributed by atoms with Gasteiger partial charge in [0.15, 0.2) is 11.9 Å². The summed E-state index contributed by atoms with van der Waals surface area (Å²) >= 11 is 0. The van der Waals surface area contributed by atoms with Crippen LogP contribution in [0.2, 0.25) is 0 Å². The second-order valence-electron chi connectivity index (χ2n) is 8.90. The maximum Gasteiger partial charge on any atom is 0.347 e. The number of carbonyl (C=O) groups excluding carboxylic acids is 1. The van der Waals surface area contributed by atoms with Crippen molar-refractivity contribution in [3.63, 3.8) is 0 Å². The van der Waals surface area contributed by atoms with Gasteiger partial charge in [-0.05, 0) is 49.9 Å². The zero-order chi connectivity index (χ0) is 24.9. The fourth-order valence-electron chi connectivity index (χ4n) is 3.97. The van der Waals surface area contributed by atoms with E-state index in [1.54, 1.807) is 13.8 Å². The first-order chi connectivity index (χ1) is 17.1. The van der Waals surface area contributed by atoms with Gasteiger partial charge in [-0.25, -0.2) is 14.8 Å². The molecule has 1 heterocycles. The Labute approximate surface area is 209 Å². The molecule has 0 fully saturated rings. The molecular formula is C30H38N2O3. The van der Waals surface area contributed by atoms with Crippen molar-refractivity contribution in [1.82, 2.24) is 9.97 Å². The average molecular weight is 475 g/mol. The molecule has 0 saturated heterocycles. The van der Waals surface area contributed by atoms with Gasteiger partial charge in [0, 0.05) is 23.5 Å². The van der Waals surface area contributed by atoms with Crippen molar-refractivity contribution in [2.24, 2.45) is 0 Å². The highest BCUT2D eigenvalue weighted by atomic mass is 16.6. The molecule has 186 valence electrons. The van der Waals surface area contributed by atoms with E-state index in [4.69, 9.17) is 9.47 Å². The second kappa shape index (κ2) is 14.2. The highest BCUT2D eigenvalue weighted by Crippen LogP contribution is 2.24. The van der Waals surface area contributed by atoms with Gasteiger partial charge in [0.25, 0.3) is 0 Å². The van der Waals surface area contributed by atoms with Crippen LogP contribution in [0.5, 0.6) is 5.75 Å². The molecule has 0 saturated carbocycles. The molecular weight excluding hydrogens is 436 g/mol. The quantitative estimate of drug-likeness (QED) is 0.179. The Bertz CT molecular complexity index is 1010. The maximum absolute atomic E-state index is 11.7. The van der Waals surface area contributed by atoms with Crippen molar-refractivity contribution in [1.29, 1.82) is 0 Å². The minimum absolute atomic E-state index is 0.338. The number of aromatic nitrogens is 2. The van der Waals surface area contributed by atoms with Crippen molar-refractivity contribution in [3.05, 3.63) is 66.5 Å². The lowest BCUT2D eigenvalue weighted by Crippen LogP contribution is -2.25. The Morgan fingerprint density at radius 1 is 0.771 bits per heavy atom. The summed E-state index contributed by atoms with van der Waals surface area (Å²) in [4.78, 5) is 20.9. The summed E-state index contributed by atoms with van der Waals surface area (Å²) in [7, 11) is 0. The molecule has 1 atom stereocenters. The monoisotopic (exact) mass is 474 g/mol. The predicted octanol–water partition coefficient (Wildman–Crippen LogP) is 7.43. The molecule has 0 aliphatic rings.